The van der Waals surface area contributed by atoms with Gasteiger partial charge in [0.2, 0.25) is 5.91 Å². The predicted molar refractivity (Wildman–Crippen MR) is 104 cm³/mol. The fourth-order valence-corrected chi connectivity index (χ4v) is 3.35. The van der Waals surface area contributed by atoms with Crippen molar-refractivity contribution in [1.82, 2.24) is 20.4 Å². The fraction of sp³-hybridized carbons (Fsp3) is 0.250. The van der Waals surface area contributed by atoms with E-state index >= 15 is 0 Å². The number of nitrogens with one attached hydrogen (secondary N) is 2. The van der Waals surface area contributed by atoms with E-state index in [1.54, 1.807) is 17.0 Å². The highest BCUT2D eigenvalue weighted by molar-refractivity contribution is 6.05. The van der Waals surface area contributed by atoms with Crippen molar-refractivity contribution in [2.75, 3.05) is 37.6 Å². The number of amides is 2. The van der Waals surface area contributed by atoms with Crippen molar-refractivity contribution < 1.29 is 14.0 Å². The van der Waals surface area contributed by atoms with Gasteiger partial charge in [-0.15, -0.1) is 0 Å². The molecule has 8 heteroatoms. The maximum atomic E-state index is 13.0. The zero-order valence-corrected chi connectivity index (χ0v) is 15.2. The summed E-state index contributed by atoms with van der Waals surface area (Å²) >= 11 is 0. The molecule has 4 rings (SSSR count). The number of rotatable bonds is 4. The first-order chi connectivity index (χ1) is 13.6. The number of fused-ring (bicyclic) bond motifs is 1. The van der Waals surface area contributed by atoms with Crippen molar-refractivity contribution in [1.29, 1.82) is 0 Å². The summed E-state index contributed by atoms with van der Waals surface area (Å²) in [4.78, 5) is 28.6. The average molecular weight is 381 g/mol. The van der Waals surface area contributed by atoms with E-state index in [1.807, 2.05) is 24.3 Å². The first-order valence-electron chi connectivity index (χ1n) is 9.11. The van der Waals surface area contributed by atoms with Gasteiger partial charge in [-0.3, -0.25) is 14.7 Å². The molecule has 0 atom stereocenters. The molecule has 28 heavy (non-hydrogen) atoms. The molecule has 7 nitrogen and oxygen atoms in total. The van der Waals surface area contributed by atoms with Gasteiger partial charge in [0.25, 0.3) is 5.91 Å². The summed E-state index contributed by atoms with van der Waals surface area (Å²) in [6.07, 6.45) is 0. The number of para-hydroxylation sites is 1. The van der Waals surface area contributed by atoms with Gasteiger partial charge in [-0.25, -0.2) is 4.39 Å². The Bertz CT molecular complexity index is 993. The Morgan fingerprint density at radius 2 is 1.75 bits per heavy atom. The van der Waals surface area contributed by atoms with Crippen LogP contribution in [0.5, 0.6) is 0 Å². The molecular formula is C20H20FN5O2. The molecule has 0 radical (unpaired) electrons. The summed E-state index contributed by atoms with van der Waals surface area (Å²) < 4.78 is 13.0. The number of hydrogen-bond donors (Lipinski definition) is 2. The van der Waals surface area contributed by atoms with Gasteiger partial charge in [0.05, 0.1) is 12.1 Å². The van der Waals surface area contributed by atoms with Crippen LogP contribution in [0.3, 0.4) is 0 Å². The molecule has 2 amide bonds. The number of H-pyrrole nitrogens is 1. The summed E-state index contributed by atoms with van der Waals surface area (Å²) in [6, 6.07) is 13.7. The molecule has 0 unspecified atom stereocenters. The average Bonchev–Trinajstić information content (AvgIpc) is 3.17. The van der Waals surface area contributed by atoms with E-state index in [4.69, 9.17) is 0 Å². The van der Waals surface area contributed by atoms with Crippen LogP contribution in [0, 0.1) is 5.82 Å². The first-order valence-corrected chi connectivity index (χ1v) is 9.11. The number of aromatic nitrogens is 2. The van der Waals surface area contributed by atoms with Gasteiger partial charge >= 0.3 is 0 Å². The molecule has 2 aromatic carbocycles. The summed E-state index contributed by atoms with van der Waals surface area (Å²) in [5.74, 6) is -0.777. The number of halogens is 1. The highest BCUT2D eigenvalue weighted by Crippen LogP contribution is 2.17. The van der Waals surface area contributed by atoms with Crippen LogP contribution < -0.4 is 10.2 Å². The molecule has 2 N–H and O–H groups in total. The smallest absolute Gasteiger partial charge is 0.272 e. The van der Waals surface area contributed by atoms with Crippen LogP contribution in [0.25, 0.3) is 10.9 Å². The second kappa shape index (κ2) is 7.67. The van der Waals surface area contributed by atoms with Gasteiger partial charge in [0.1, 0.15) is 5.82 Å². The number of carbonyl (C=O) groups is 2. The van der Waals surface area contributed by atoms with Crippen LogP contribution in [0.1, 0.15) is 10.5 Å². The third kappa shape index (κ3) is 3.66. The molecule has 1 aromatic heterocycles. The number of nitrogens with zero attached hydrogens (tertiary/aromatic N) is 3. The number of aromatic amines is 1. The second-order valence-corrected chi connectivity index (χ2v) is 6.64. The minimum atomic E-state index is -0.379. The summed E-state index contributed by atoms with van der Waals surface area (Å²) in [6.45, 7) is 2.36. The van der Waals surface area contributed by atoms with Crippen molar-refractivity contribution >= 4 is 28.4 Å². The van der Waals surface area contributed by atoms with Crippen molar-refractivity contribution in [2.24, 2.45) is 0 Å². The number of carbonyl (C=O) groups excluding carboxylic acids is 2. The number of benzene rings is 2. The van der Waals surface area contributed by atoms with Crippen molar-refractivity contribution in [3.05, 3.63) is 60.0 Å². The minimum absolute atomic E-state index is 0.0728. The lowest BCUT2D eigenvalue weighted by Gasteiger charge is -2.36. The Hall–Kier alpha value is -3.42. The van der Waals surface area contributed by atoms with Crippen LogP contribution in [-0.2, 0) is 4.79 Å². The molecular weight excluding hydrogens is 361 g/mol. The van der Waals surface area contributed by atoms with E-state index in [9.17, 15) is 14.0 Å². The largest absolute Gasteiger partial charge is 0.368 e. The van der Waals surface area contributed by atoms with Crippen molar-refractivity contribution in [2.45, 2.75) is 0 Å². The summed E-state index contributed by atoms with van der Waals surface area (Å²) in [5.41, 5.74) is 1.99. The number of piperazine rings is 1. The third-order valence-electron chi connectivity index (χ3n) is 4.91. The number of anilines is 1. The van der Waals surface area contributed by atoms with E-state index in [2.05, 4.69) is 20.4 Å². The van der Waals surface area contributed by atoms with Gasteiger partial charge in [0, 0.05) is 37.3 Å². The highest BCUT2D eigenvalue weighted by Gasteiger charge is 2.22. The molecule has 144 valence electrons. The topological polar surface area (TPSA) is 81.3 Å². The van der Waals surface area contributed by atoms with Gasteiger partial charge in [-0.2, -0.15) is 5.10 Å². The van der Waals surface area contributed by atoms with E-state index in [1.165, 1.54) is 12.1 Å². The molecule has 1 saturated heterocycles. The standard InChI is InChI=1S/C20H20FN5O2/c21-14-5-7-15(8-6-14)25-9-11-26(12-10-25)18(27)13-22-20(28)19-16-3-1-2-4-17(16)23-24-19/h1-8H,9-13H2,(H,22,28)(H,23,24). The zero-order chi connectivity index (χ0) is 19.5. The second-order valence-electron chi connectivity index (χ2n) is 6.64. The number of hydrogen-bond acceptors (Lipinski definition) is 4. The quantitative estimate of drug-likeness (QED) is 0.722. The van der Waals surface area contributed by atoms with Crippen molar-refractivity contribution in [3.8, 4) is 0 Å². The molecule has 1 aliphatic heterocycles. The van der Waals surface area contributed by atoms with Crippen molar-refractivity contribution in [3.63, 3.8) is 0 Å². The van der Waals surface area contributed by atoms with Gasteiger partial charge in [-0.1, -0.05) is 18.2 Å². The highest BCUT2D eigenvalue weighted by atomic mass is 19.1. The predicted octanol–water partition coefficient (Wildman–Crippen LogP) is 1.78. The van der Waals surface area contributed by atoms with Crippen LogP contribution in [0.4, 0.5) is 10.1 Å². The molecule has 0 aliphatic carbocycles. The maximum Gasteiger partial charge on any atom is 0.272 e. The van der Waals surface area contributed by atoms with Crippen LogP contribution >= 0.6 is 0 Å². The lowest BCUT2D eigenvalue weighted by Crippen LogP contribution is -2.51. The lowest BCUT2D eigenvalue weighted by molar-refractivity contribution is -0.130. The molecule has 0 saturated carbocycles. The lowest BCUT2D eigenvalue weighted by atomic mass is 10.2. The Kier molecular flexibility index (Phi) is 4.92. The summed E-state index contributed by atoms with van der Waals surface area (Å²) in [7, 11) is 0. The SMILES string of the molecule is O=C(NCC(=O)N1CCN(c2ccc(F)cc2)CC1)c1n[nH]c2ccccc12. The van der Waals surface area contributed by atoms with Gasteiger partial charge in [-0.05, 0) is 30.3 Å². The van der Waals surface area contributed by atoms with Gasteiger partial charge in [0.15, 0.2) is 5.69 Å². The van der Waals surface area contributed by atoms with E-state index in [0.29, 0.717) is 26.2 Å². The molecule has 0 spiro atoms. The zero-order valence-electron chi connectivity index (χ0n) is 15.2. The Balaban J connectivity index is 1.30. The third-order valence-corrected chi connectivity index (χ3v) is 4.91. The van der Waals surface area contributed by atoms with E-state index in [0.717, 1.165) is 16.6 Å². The van der Waals surface area contributed by atoms with Crippen LogP contribution in [-0.4, -0.2) is 59.6 Å². The Morgan fingerprint density at radius 1 is 1.04 bits per heavy atom. The monoisotopic (exact) mass is 381 g/mol. The fourth-order valence-electron chi connectivity index (χ4n) is 3.35. The molecule has 3 aromatic rings. The molecule has 0 bridgehead atoms. The molecule has 2 heterocycles. The normalized spacial score (nSPS) is 14.3. The van der Waals surface area contributed by atoms with Gasteiger partial charge < -0.3 is 15.1 Å². The van der Waals surface area contributed by atoms with E-state index < -0.39 is 0 Å². The minimum Gasteiger partial charge on any atom is -0.368 e. The maximum absolute atomic E-state index is 13.0. The van der Waals surface area contributed by atoms with E-state index in [-0.39, 0.29) is 29.9 Å². The van der Waals surface area contributed by atoms with Crippen LogP contribution in [0.15, 0.2) is 48.5 Å². The Labute approximate surface area is 161 Å². The molecule has 1 aliphatic rings. The summed E-state index contributed by atoms with van der Waals surface area (Å²) in [5, 5.41) is 10.2. The first kappa shape index (κ1) is 18.0. The molecule has 1 fully saturated rings. The van der Waals surface area contributed by atoms with Crippen LogP contribution in [0.2, 0.25) is 0 Å². The Morgan fingerprint density at radius 3 is 2.50 bits per heavy atom.